The third-order valence-electron chi connectivity index (χ3n) is 4.17. The molecule has 1 heteroatoms. The van der Waals surface area contributed by atoms with Gasteiger partial charge in [0.15, 0.2) is 0 Å². The average Bonchev–Trinajstić information content (AvgIpc) is 2.53. The van der Waals surface area contributed by atoms with E-state index in [9.17, 15) is 0 Å². The van der Waals surface area contributed by atoms with Crippen LogP contribution in [0.1, 0.15) is 18.1 Å². The van der Waals surface area contributed by atoms with Gasteiger partial charge in [-0.3, -0.25) is 0 Å². The summed E-state index contributed by atoms with van der Waals surface area (Å²) in [7, 11) is 0. The van der Waals surface area contributed by atoms with Gasteiger partial charge in [0.25, 0.3) is 0 Å². The summed E-state index contributed by atoms with van der Waals surface area (Å²) in [5, 5.41) is 2.69. The molecule has 98 valence electrons. The van der Waals surface area contributed by atoms with Crippen molar-refractivity contribution in [1.82, 2.24) is 0 Å². The molecule has 0 fully saturated rings. The van der Waals surface area contributed by atoms with Crippen molar-refractivity contribution in [2.45, 2.75) is 20.0 Å². The Hall–Kier alpha value is -2.28. The number of rotatable bonds is 1. The second kappa shape index (κ2) is 4.38. The molecule has 1 aliphatic heterocycles. The molecule has 0 radical (unpaired) electrons. The summed E-state index contributed by atoms with van der Waals surface area (Å²) in [4.78, 5) is 0. The van der Waals surface area contributed by atoms with E-state index in [1.807, 2.05) is 6.07 Å². The molecule has 0 saturated heterocycles. The third kappa shape index (κ3) is 1.56. The molecular weight excluding hydrogens is 244 g/mol. The third-order valence-corrected chi connectivity index (χ3v) is 4.17. The first-order valence-corrected chi connectivity index (χ1v) is 7.14. The number of fused-ring (bicyclic) bond motifs is 5. The highest BCUT2D eigenvalue weighted by Crippen LogP contribution is 2.41. The van der Waals surface area contributed by atoms with Crippen LogP contribution in [0, 0.1) is 0 Å². The summed E-state index contributed by atoms with van der Waals surface area (Å²) < 4.78 is 5.93. The summed E-state index contributed by atoms with van der Waals surface area (Å²) in [6.07, 6.45) is 1.05. The first-order valence-electron chi connectivity index (χ1n) is 7.14. The van der Waals surface area contributed by atoms with Crippen LogP contribution in [-0.2, 0) is 13.0 Å². The maximum atomic E-state index is 5.93. The highest BCUT2D eigenvalue weighted by Gasteiger charge is 2.20. The van der Waals surface area contributed by atoms with Gasteiger partial charge in [-0.15, -0.1) is 0 Å². The van der Waals surface area contributed by atoms with Gasteiger partial charge in [0.2, 0.25) is 0 Å². The monoisotopic (exact) mass is 260 g/mol. The standard InChI is InChI=1S/C19H16O/c1-2-13-11-17-16-9-5-6-10-19(16)20-12-18(17)15-8-4-3-7-14(13)15/h3-11H,2,12H2,1H3. The molecule has 0 spiro atoms. The molecule has 3 aromatic rings. The van der Waals surface area contributed by atoms with Crippen molar-refractivity contribution in [2.75, 3.05) is 0 Å². The van der Waals surface area contributed by atoms with Crippen molar-refractivity contribution in [3.63, 3.8) is 0 Å². The first-order chi connectivity index (χ1) is 9.88. The molecule has 0 bridgehead atoms. The van der Waals surface area contributed by atoms with Crippen molar-refractivity contribution in [2.24, 2.45) is 0 Å². The summed E-state index contributed by atoms with van der Waals surface area (Å²) in [6.45, 7) is 2.89. The second-order valence-electron chi connectivity index (χ2n) is 5.25. The lowest BCUT2D eigenvalue weighted by Crippen LogP contribution is -2.07. The maximum Gasteiger partial charge on any atom is 0.127 e. The molecular formula is C19H16O. The highest BCUT2D eigenvalue weighted by molar-refractivity contribution is 5.95. The fourth-order valence-electron chi connectivity index (χ4n) is 3.16. The van der Waals surface area contributed by atoms with Crippen molar-refractivity contribution in [3.8, 4) is 16.9 Å². The van der Waals surface area contributed by atoms with Gasteiger partial charge in [-0.05, 0) is 40.5 Å². The van der Waals surface area contributed by atoms with Gasteiger partial charge >= 0.3 is 0 Å². The van der Waals surface area contributed by atoms with E-state index in [1.54, 1.807) is 0 Å². The minimum Gasteiger partial charge on any atom is -0.488 e. The van der Waals surface area contributed by atoms with Crippen LogP contribution in [0.5, 0.6) is 5.75 Å². The summed E-state index contributed by atoms with van der Waals surface area (Å²) >= 11 is 0. The predicted molar refractivity (Wildman–Crippen MR) is 83.1 cm³/mol. The van der Waals surface area contributed by atoms with Gasteiger partial charge in [0, 0.05) is 11.1 Å². The minimum absolute atomic E-state index is 0.664. The zero-order chi connectivity index (χ0) is 13.5. The summed E-state index contributed by atoms with van der Waals surface area (Å²) in [5.74, 6) is 0.998. The molecule has 0 saturated carbocycles. The molecule has 1 aliphatic rings. The van der Waals surface area contributed by atoms with Crippen molar-refractivity contribution >= 4 is 10.8 Å². The van der Waals surface area contributed by atoms with Crippen LogP contribution in [0.3, 0.4) is 0 Å². The Labute approximate surface area is 118 Å². The van der Waals surface area contributed by atoms with Gasteiger partial charge < -0.3 is 4.74 Å². The van der Waals surface area contributed by atoms with Gasteiger partial charge in [-0.25, -0.2) is 0 Å². The number of ether oxygens (including phenoxy) is 1. The van der Waals surface area contributed by atoms with Crippen molar-refractivity contribution in [3.05, 3.63) is 65.7 Å². The minimum atomic E-state index is 0.664. The molecule has 0 N–H and O–H groups in total. The van der Waals surface area contributed by atoms with E-state index in [0.29, 0.717) is 6.61 Å². The van der Waals surface area contributed by atoms with Crippen LogP contribution in [0.25, 0.3) is 21.9 Å². The van der Waals surface area contributed by atoms with Crippen LogP contribution in [-0.4, -0.2) is 0 Å². The summed E-state index contributed by atoms with van der Waals surface area (Å²) in [5.41, 5.74) is 5.28. The zero-order valence-corrected chi connectivity index (χ0v) is 11.5. The molecule has 0 amide bonds. The normalized spacial score (nSPS) is 12.7. The van der Waals surface area contributed by atoms with E-state index in [1.165, 1.54) is 33.0 Å². The average molecular weight is 260 g/mol. The Balaban J connectivity index is 2.11. The Kier molecular flexibility index (Phi) is 2.53. The number of benzene rings is 3. The molecule has 4 rings (SSSR count). The van der Waals surface area contributed by atoms with E-state index in [-0.39, 0.29) is 0 Å². The van der Waals surface area contributed by atoms with Gasteiger partial charge in [-0.2, -0.15) is 0 Å². The lowest BCUT2D eigenvalue weighted by atomic mass is 9.89. The highest BCUT2D eigenvalue weighted by atomic mass is 16.5. The molecule has 0 atom stereocenters. The lowest BCUT2D eigenvalue weighted by molar-refractivity contribution is 0.304. The van der Waals surface area contributed by atoms with E-state index >= 15 is 0 Å². The van der Waals surface area contributed by atoms with E-state index in [2.05, 4.69) is 55.5 Å². The van der Waals surface area contributed by atoms with Crippen LogP contribution in [0.15, 0.2) is 54.6 Å². The number of aryl methyl sites for hydroxylation is 1. The van der Waals surface area contributed by atoms with Crippen molar-refractivity contribution in [1.29, 1.82) is 0 Å². The molecule has 0 aromatic heterocycles. The molecule has 1 heterocycles. The SMILES string of the molecule is CCc1cc2c(c3ccccc13)COc1ccccc1-2. The molecule has 3 aromatic carbocycles. The number of para-hydroxylation sites is 1. The first kappa shape index (κ1) is 11.5. The predicted octanol–water partition coefficient (Wildman–Crippen LogP) is 4.96. The van der Waals surface area contributed by atoms with Crippen molar-refractivity contribution < 1.29 is 4.74 Å². The van der Waals surface area contributed by atoms with E-state index in [4.69, 9.17) is 4.74 Å². The molecule has 1 nitrogen and oxygen atoms in total. The van der Waals surface area contributed by atoms with Crippen LogP contribution < -0.4 is 4.74 Å². The quantitative estimate of drug-likeness (QED) is 0.600. The largest absolute Gasteiger partial charge is 0.488 e. The fraction of sp³-hybridized carbons (Fsp3) is 0.158. The fourth-order valence-corrected chi connectivity index (χ4v) is 3.16. The topological polar surface area (TPSA) is 9.23 Å². The van der Waals surface area contributed by atoms with Gasteiger partial charge in [0.05, 0.1) is 0 Å². The Morgan fingerprint density at radius 2 is 1.65 bits per heavy atom. The second-order valence-corrected chi connectivity index (χ2v) is 5.25. The van der Waals surface area contributed by atoms with E-state index < -0.39 is 0 Å². The van der Waals surface area contributed by atoms with Crippen LogP contribution >= 0.6 is 0 Å². The van der Waals surface area contributed by atoms with E-state index in [0.717, 1.165) is 12.2 Å². The Bertz CT molecular complexity index is 802. The lowest BCUT2D eigenvalue weighted by Gasteiger charge is -2.23. The van der Waals surface area contributed by atoms with Crippen LogP contribution in [0.4, 0.5) is 0 Å². The van der Waals surface area contributed by atoms with Gasteiger partial charge in [0.1, 0.15) is 12.4 Å². The van der Waals surface area contributed by atoms with Gasteiger partial charge in [-0.1, -0.05) is 49.4 Å². The molecule has 0 unspecified atom stereocenters. The Morgan fingerprint density at radius 3 is 2.50 bits per heavy atom. The number of hydrogen-bond donors (Lipinski definition) is 0. The summed E-state index contributed by atoms with van der Waals surface area (Å²) in [6, 6.07) is 19.3. The Morgan fingerprint density at radius 1 is 0.900 bits per heavy atom. The maximum absolute atomic E-state index is 5.93. The molecule has 20 heavy (non-hydrogen) atoms. The zero-order valence-electron chi connectivity index (χ0n) is 11.5. The van der Waals surface area contributed by atoms with Crippen LogP contribution in [0.2, 0.25) is 0 Å². The smallest absolute Gasteiger partial charge is 0.127 e. The number of hydrogen-bond acceptors (Lipinski definition) is 1. The molecule has 0 aliphatic carbocycles.